The van der Waals surface area contributed by atoms with Crippen LogP contribution in [0.4, 0.5) is 0 Å². The third-order valence-corrected chi connectivity index (χ3v) is 4.89. The minimum Gasteiger partial charge on any atom is -0.493 e. The zero-order chi connectivity index (χ0) is 15.9. The van der Waals surface area contributed by atoms with Crippen LogP contribution in [0.3, 0.4) is 0 Å². The minimum absolute atomic E-state index is 0.0465. The molecule has 1 aromatic rings. The van der Waals surface area contributed by atoms with Crippen molar-refractivity contribution in [3.8, 4) is 18.1 Å². The minimum atomic E-state index is -3.60. The average molecular weight is 310 g/mol. The van der Waals surface area contributed by atoms with Crippen LogP contribution in [0.1, 0.15) is 25.8 Å². The molecule has 0 aromatic heterocycles. The normalized spacial score (nSPS) is 11.4. The van der Waals surface area contributed by atoms with E-state index in [1.807, 2.05) is 6.92 Å². The molecule has 0 saturated carbocycles. The third-order valence-electron chi connectivity index (χ3n) is 2.97. The van der Waals surface area contributed by atoms with Gasteiger partial charge in [0, 0.05) is 18.7 Å². The number of sulfonamides is 1. The van der Waals surface area contributed by atoms with Crippen LogP contribution in [0.25, 0.3) is 0 Å². The average Bonchev–Trinajstić information content (AvgIpc) is 2.49. The Labute approximate surface area is 127 Å². The Hall–Kier alpha value is -1.55. The van der Waals surface area contributed by atoms with E-state index in [1.54, 1.807) is 19.1 Å². The van der Waals surface area contributed by atoms with Crippen molar-refractivity contribution in [3.05, 3.63) is 23.8 Å². The summed E-state index contributed by atoms with van der Waals surface area (Å²) in [6.07, 6.45) is 6.09. The molecule has 116 valence electrons. The summed E-state index contributed by atoms with van der Waals surface area (Å²) in [5.74, 6) is 2.98. The Morgan fingerprint density at radius 1 is 1.38 bits per heavy atom. The Balaban J connectivity index is 3.16. The number of hydrogen-bond donors (Lipinski definition) is 1. The van der Waals surface area contributed by atoms with Crippen LogP contribution >= 0.6 is 0 Å². The van der Waals surface area contributed by atoms with Gasteiger partial charge in [0.1, 0.15) is 5.75 Å². The molecular formula is C15H22N2O3S. The van der Waals surface area contributed by atoms with Crippen molar-refractivity contribution in [3.63, 3.8) is 0 Å². The van der Waals surface area contributed by atoms with E-state index in [2.05, 4.69) is 5.92 Å². The maximum atomic E-state index is 12.5. The first-order chi connectivity index (χ1) is 10.0. The highest BCUT2D eigenvalue weighted by Crippen LogP contribution is 2.24. The van der Waals surface area contributed by atoms with Gasteiger partial charge < -0.3 is 10.5 Å². The van der Waals surface area contributed by atoms with Gasteiger partial charge in [-0.1, -0.05) is 19.8 Å². The maximum absolute atomic E-state index is 12.5. The standard InChI is InChI=1S/C15H22N2O3S/c1-4-9-17(6-3)21(18,19)14-7-8-15(20-10-5-2)13(11-14)12-16/h1,7-8,11H,5-6,9-10,12,16H2,2-3H3. The summed E-state index contributed by atoms with van der Waals surface area (Å²) in [5, 5.41) is 0. The lowest BCUT2D eigenvalue weighted by Crippen LogP contribution is -2.31. The number of nitrogens with two attached hydrogens (primary N) is 1. The van der Waals surface area contributed by atoms with E-state index >= 15 is 0 Å². The Kier molecular flexibility index (Phi) is 6.69. The fourth-order valence-electron chi connectivity index (χ4n) is 1.85. The van der Waals surface area contributed by atoms with Crippen LogP contribution < -0.4 is 10.5 Å². The van der Waals surface area contributed by atoms with Crippen LogP contribution in [0.15, 0.2) is 23.1 Å². The fourth-order valence-corrected chi connectivity index (χ4v) is 3.26. The van der Waals surface area contributed by atoms with Gasteiger partial charge in [0.05, 0.1) is 18.0 Å². The summed E-state index contributed by atoms with van der Waals surface area (Å²) in [5.41, 5.74) is 6.35. The highest BCUT2D eigenvalue weighted by atomic mass is 32.2. The quantitative estimate of drug-likeness (QED) is 0.740. The summed E-state index contributed by atoms with van der Waals surface area (Å²) in [7, 11) is -3.60. The highest BCUT2D eigenvalue weighted by molar-refractivity contribution is 7.89. The third kappa shape index (κ3) is 4.21. The largest absolute Gasteiger partial charge is 0.493 e. The summed E-state index contributed by atoms with van der Waals surface area (Å²) in [6.45, 7) is 4.89. The molecule has 5 nitrogen and oxygen atoms in total. The molecule has 0 unspecified atom stereocenters. The Bertz CT molecular complexity index is 606. The molecule has 0 aliphatic rings. The second kappa shape index (κ2) is 8.03. The predicted octanol–water partition coefficient (Wildman–Crippen LogP) is 1.58. The lowest BCUT2D eigenvalue weighted by atomic mass is 10.2. The Morgan fingerprint density at radius 3 is 2.62 bits per heavy atom. The van der Waals surface area contributed by atoms with E-state index in [4.69, 9.17) is 16.9 Å². The van der Waals surface area contributed by atoms with Gasteiger partial charge in [-0.2, -0.15) is 4.31 Å². The van der Waals surface area contributed by atoms with E-state index in [0.29, 0.717) is 24.5 Å². The molecule has 1 rings (SSSR count). The topological polar surface area (TPSA) is 72.6 Å². The molecule has 0 saturated heterocycles. The van der Waals surface area contributed by atoms with Crippen molar-refractivity contribution in [2.45, 2.75) is 31.7 Å². The Morgan fingerprint density at radius 2 is 2.10 bits per heavy atom. The maximum Gasteiger partial charge on any atom is 0.243 e. The number of benzene rings is 1. The van der Waals surface area contributed by atoms with Gasteiger partial charge in [0.25, 0.3) is 0 Å². The molecule has 0 atom stereocenters. The molecule has 0 bridgehead atoms. The van der Waals surface area contributed by atoms with Crippen molar-refractivity contribution in [1.29, 1.82) is 0 Å². The highest BCUT2D eigenvalue weighted by Gasteiger charge is 2.23. The summed E-state index contributed by atoms with van der Waals surface area (Å²) in [4.78, 5) is 0.184. The molecular weight excluding hydrogens is 288 g/mol. The SMILES string of the molecule is C#CCN(CC)S(=O)(=O)c1ccc(OCCC)c(CN)c1. The molecule has 1 aromatic carbocycles. The zero-order valence-electron chi connectivity index (χ0n) is 12.5. The number of nitrogens with zero attached hydrogens (tertiary/aromatic N) is 1. The second-order valence-corrected chi connectivity index (χ2v) is 6.40. The first-order valence-electron chi connectivity index (χ1n) is 6.90. The molecule has 0 amide bonds. The molecule has 0 radical (unpaired) electrons. The van der Waals surface area contributed by atoms with E-state index in [9.17, 15) is 8.42 Å². The van der Waals surface area contributed by atoms with Gasteiger partial charge in [-0.05, 0) is 24.6 Å². The van der Waals surface area contributed by atoms with Crippen LogP contribution in [-0.2, 0) is 16.6 Å². The molecule has 21 heavy (non-hydrogen) atoms. The van der Waals surface area contributed by atoms with Gasteiger partial charge in [-0.25, -0.2) is 8.42 Å². The molecule has 0 fully saturated rings. The van der Waals surface area contributed by atoms with Crippen molar-refractivity contribution < 1.29 is 13.2 Å². The second-order valence-electron chi connectivity index (χ2n) is 4.46. The summed E-state index contributed by atoms with van der Waals surface area (Å²) < 4.78 is 31.8. The smallest absolute Gasteiger partial charge is 0.243 e. The van der Waals surface area contributed by atoms with Crippen LogP contribution in [0.2, 0.25) is 0 Å². The molecule has 6 heteroatoms. The summed E-state index contributed by atoms with van der Waals surface area (Å²) in [6, 6.07) is 4.73. The first-order valence-corrected chi connectivity index (χ1v) is 8.34. The lowest BCUT2D eigenvalue weighted by molar-refractivity contribution is 0.314. The number of ether oxygens (including phenoxy) is 1. The van der Waals surface area contributed by atoms with E-state index < -0.39 is 10.0 Å². The van der Waals surface area contributed by atoms with E-state index in [-0.39, 0.29) is 18.0 Å². The molecule has 0 aliphatic carbocycles. The van der Waals surface area contributed by atoms with Crippen molar-refractivity contribution in [1.82, 2.24) is 4.31 Å². The fraction of sp³-hybridized carbons (Fsp3) is 0.467. The summed E-state index contributed by atoms with van der Waals surface area (Å²) >= 11 is 0. The number of rotatable bonds is 8. The van der Waals surface area contributed by atoms with Gasteiger partial charge in [0.15, 0.2) is 0 Å². The molecule has 0 spiro atoms. The first kappa shape index (κ1) is 17.5. The van der Waals surface area contributed by atoms with Gasteiger partial charge in [-0.3, -0.25) is 0 Å². The van der Waals surface area contributed by atoms with Crippen LogP contribution in [0, 0.1) is 12.3 Å². The molecule has 2 N–H and O–H groups in total. The number of terminal acetylenes is 1. The monoisotopic (exact) mass is 310 g/mol. The predicted molar refractivity (Wildman–Crippen MR) is 83.4 cm³/mol. The van der Waals surface area contributed by atoms with Crippen LogP contribution in [-0.4, -0.2) is 32.4 Å². The van der Waals surface area contributed by atoms with Gasteiger partial charge in [-0.15, -0.1) is 6.42 Å². The van der Waals surface area contributed by atoms with E-state index in [1.165, 1.54) is 10.4 Å². The van der Waals surface area contributed by atoms with Gasteiger partial charge >= 0.3 is 0 Å². The molecule has 0 aliphatic heterocycles. The molecule has 0 heterocycles. The lowest BCUT2D eigenvalue weighted by Gasteiger charge is -2.19. The van der Waals surface area contributed by atoms with Crippen molar-refractivity contribution in [2.24, 2.45) is 5.73 Å². The van der Waals surface area contributed by atoms with Crippen molar-refractivity contribution in [2.75, 3.05) is 19.7 Å². The van der Waals surface area contributed by atoms with E-state index in [0.717, 1.165) is 6.42 Å². The zero-order valence-corrected chi connectivity index (χ0v) is 13.3. The van der Waals surface area contributed by atoms with Crippen LogP contribution in [0.5, 0.6) is 5.75 Å². The van der Waals surface area contributed by atoms with Gasteiger partial charge in [0.2, 0.25) is 10.0 Å². The number of hydrogen-bond acceptors (Lipinski definition) is 4. The van der Waals surface area contributed by atoms with Crippen molar-refractivity contribution >= 4 is 10.0 Å².